The summed E-state index contributed by atoms with van der Waals surface area (Å²) in [6.07, 6.45) is 7.42. The van der Waals surface area contributed by atoms with E-state index in [1.54, 1.807) is 0 Å². The lowest BCUT2D eigenvalue weighted by molar-refractivity contribution is 0.495. The zero-order valence-electron chi connectivity index (χ0n) is 20.0. The van der Waals surface area contributed by atoms with Crippen LogP contribution in [0.25, 0.3) is 11.8 Å². The molecule has 5 nitrogen and oxygen atoms in total. The highest BCUT2D eigenvalue weighted by Gasteiger charge is 2.32. The number of thiazole rings is 1. The predicted octanol–water partition coefficient (Wildman–Crippen LogP) is 4.90. The second-order valence-corrected chi connectivity index (χ2v) is 10.8. The van der Waals surface area contributed by atoms with Crippen LogP contribution in [0.2, 0.25) is 0 Å². The first-order valence-electron chi connectivity index (χ1n) is 12.8. The molecule has 0 bridgehead atoms. The van der Waals surface area contributed by atoms with Crippen LogP contribution >= 0.6 is 11.3 Å². The molecule has 180 valence electrons. The summed E-state index contributed by atoms with van der Waals surface area (Å²) in [5.74, 6) is 1.61. The number of aryl methyl sites for hydroxylation is 1. The summed E-state index contributed by atoms with van der Waals surface area (Å²) < 4.78 is 8.71. The van der Waals surface area contributed by atoms with E-state index in [2.05, 4.69) is 41.3 Å². The van der Waals surface area contributed by atoms with Gasteiger partial charge >= 0.3 is 0 Å². The summed E-state index contributed by atoms with van der Waals surface area (Å²) in [5.41, 5.74) is 5.89. The molecule has 1 aliphatic carbocycles. The minimum absolute atomic E-state index is 0.00562. The minimum Gasteiger partial charge on any atom is -0.441 e. The number of aromatic nitrogens is 1. The van der Waals surface area contributed by atoms with Crippen molar-refractivity contribution in [1.82, 2.24) is 4.57 Å². The third-order valence-corrected chi connectivity index (χ3v) is 8.52. The first-order valence-corrected chi connectivity index (χ1v) is 13.6. The standard InChI is InChI=1S/C30H27N3O2S/c34-29-25(19-22-14-16-26(35-22)32-17-7-2-8-18-32)36-30-31-27-23-12-6-5-9-20(23)13-15-24(27)28(33(29)30)21-10-3-1-4-11-21/h1,3-6,9-12,14,16,19,28H,2,7-8,13,15,17-18H2/b25-19-/t28-/m1/s1. The number of hydrogen-bond donors (Lipinski definition) is 0. The topological polar surface area (TPSA) is 50.7 Å². The highest BCUT2D eigenvalue weighted by Crippen LogP contribution is 2.41. The molecule has 2 aromatic carbocycles. The molecule has 0 unspecified atom stereocenters. The third-order valence-electron chi connectivity index (χ3n) is 7.54. The number of benzene rings is 2. The molecule has 4 heterocycles. The Hall–Kier alpha value is -3.64. The molecule has 0 amide bonds. The summed E-state index contributed by atoms with van der Waals surface area (Å²) >= 11 is 1.45. The van der Waals surface area contributed by atoms with Gasteiger partial charge in [-0.2, -0.15) is 0 Å². The molecule has 1 atom stereocenters. The molecule has 3 aliphatic rings. The summed E-state index contributed by atoms with van der Waals surface area (Å²) in [7, 11) is 0. The van der Waals surface area contributed by atoms with Gasteiger partial charge in [-0.15, -0.1) is 0 Å². The maximum absolute atomic E-state index is 13.8. The lowest BCUT2D eigenvalue weighted by atomic mass is 9.83. The van der Waals surface area contributed by atoms with E-state index in [4.69, 9.17) is 9.41 Å². The highest BCUT2D eigenvalue weighted by atomic mass is 32.1. The molecule has 2 aliphatic heterocycles. The van der Waals surface area contributed by atoms with Gasteiger partial charge < -0.3 is 9.32 Å². The fraction of sp³-hybridized carbons (Fsp3) is 0.267. The van der Waals surface area contributed by atoms with Crippen LogP contribution in [0.1, 0.15) is 54.2 Å². The van der Waals surface area contributed by atoms with E-state index in [1.807, 2.05) is 41.0 Å². The highest BCUT2D eigenvalue weighted by molar-refractivity contribution is 7.07. The van der Waals surface area contributed by atoms with Crippen LogP contribution in [-0.4, -0.2) is 17.7 Å². The Morgan fingerprint density at radius 1 is 0.917 bits per heavy atom. The molecule has 0 saturated carbocycles. The van der Waals surface area contributed by atoms with E-state index in [9.17, 15) is 4.79 Å². The number of allylic oxidation sites excluding steroid dienone is 1. The van der Waals surface area contributed by atoms with Crippen molar-refractivity contribution in [3.8, 4) is 0 Å². The number of nitrogens with zero attached hydrogens (tertiary/aromatic N) is 3. The fourth-order valence-electron chi connectivity index (χ4n) is 5.79. The van der Waals surface area contributed by atoms with Crippen LogP contribution in [0.15, 0.2) is 86.5 Å². The van der Waals surface area contributed by atoms with E-state index in [0.29, 0.717) is 10.3 Å². The first-order chi connectivity index (χ1) is 17.8. The number of fused-ring (bicyclic) bond motifs is 3. The van der Waals surface area contributed by atoms with Crippen LogP contribution < -0.4 is 19.8 Å². The van der Waals surface area contributed by atoms with Gasteiger partial charge in [0.05, 0.1) is 16.3 Å². The molecule has 1 saturated heterocycles. The van der Waals surface area contributed by atoms with Crippen molar-refractivity contribution in [3.05, 3.63) is 114 Å². The van der Waals surface area contributed by atoms with E-state index in [0.717, 1.165) is 47.9 Å². The molecular weight excluding hydrogens is 466 g/mol. The van der Waals surface area contributed by atoms with Gasteiger partial charge in [0.15, 0.2) is 10.7 Å². The molecule has 0 spiro atoms. The van der Waals surface area contributed by atoms with Gasteiger partial charge in [0.1, 0.15) is 5.76 Å². The number of piperidine rings is 1. The molecule has 4 aromatic rings. The average molecular weight is 494 g/mol. The summed E-state index contributed by atoms with van der Waals surface area (Å²) in [5, 5.41) is 0. The van der Waals surface area contributed by atoms with Crippen molar-refractivity contribution >= 4 is 29.0 Å². The Morgan fingerprint density at radius 2 is 1.72 bits per heavy atom. The maximum atomic E-state index is 13.8. The van der Waals surface area contributed by atoms with Crippen molar-refractivity contribution in [3.63, 3.8) is 0 Å². The fourth-order valence-corrected chi connectivity index (χ4v) is 6.77. The molecule has 0 radical (unpaired) electrons. The molecule has 6 heteroatoms. The van der Waals surface area contributed by atoms with Crippen LogP contribution in [0.3, 0.4) is 0 Å². The van der Waals surface area contributed by atoms with Crippen LogP contribution in [0.4, 0.5) is 5.88 Å². The van der Waals surface area contributed by atoms with Crippen LogP contribution in [0, 0.1) is 0 Å². The number of hydrogen-bond acceptors (Lipinski definition) is 5. The van der Waals surface area contributed by atoms with Crippen molar-refractivity contribution in [2.45, 2.75) is 38.1 Å². The summed E-state index contributed by atoms with van der Waals surface area (Å²) in [6, 6.07) is 22.7. The monoisotopic (exact) mass is 493 g/mol. The van der Waals surface area contributed by atoms with Crippen molar-refractivity contribution in [2.24, 2.45) is 4.99 Å². The lowest BCUT2D eigenvalue weighted by Crippen LogP contribution is -2.38. The SMILES string of the molecule is O=c1/c(=C/c2ccc(N3CCCCC3)o2)sc2n1[C@H](c1ccccc1)C1=C(N=2)c2ccccc2CC1. The summed E-state index contributed by atoms with van der Waals surface area (Å²) in [4.78, 5) is 22.0. The zero-order valence-corrected chi connectivity index (χ0v) is 20.8. The van der Waals surface area contributed by atoms with Gasteiger partial charge in [0, 0.05) is 30.8 Å². The maximum Gasteiger partial charge on any atom is 0.271 e. The normalized spacial score (nSPS) is 19.5. The van der Waals surface area contributed by atoms with Gasteiger partial charge in [0.2, 0.25) is 0 Å². The van der Waals surface area contributed by atoms with E-state index in [-0.39, 0.29) is 11.6 Å². The quantitative estimate of drug-likeness (QED) is 0.408. The second-order valence-electron chi connectivity index (χ2n) is 9.75. The van der Waals surface area contributed by atoms with E-state index in [1.165, 1.54) is 47.3 Å². The van der Waals surface area contributed by atoms with Gasteiger partial charge in [-0.05, 0) is 54.9 Å². The van der Waals surface area contributed by atoms with Gasteiger partial charge in [-0.3, -0.25) is 9.36 Å². The van der Waals surface area contributed by atoms with Crippen molar-refractivity contribution < 1.29 is 4.42 Å². The summed E-state index contributed by atoms with van der Waals surface area (Å²) in [6.45, 7) is 2.05. The number of furan rings is 1. The molecule has 36 heavy (non-hydrogen) atoms. The van der Waals surface area contributed by atoms with Gasteiger partial charge in [-0.25, -0.2) is 4.99 Å². The Kier molecular flexibility index (Phi) is 5.28. The predicted molar refractivity (Wildman–Crippen MR) is 144 cm³/mol. The Labute approximate surface area is 213 Å². The van der Waals surface area contributed by atoms with Gasteiger partial charge in [0.25, 0.3) is 5.56 Å². The molecule has 0 N–H and O–H groups in total. The first kappa shape index (κ1) is 21.6. The third kappa shape index (κ3) is 3.59. The Balaban J connectivity index is 1.38. The number of anilines is 1. The van der Waals surface area contributed by atoms with Crippen LogP contribution in [0.5, 0.6) is 0 Å². The number of rotatable bonds is 3. The second kappa shape index (κ2) is 8.79. The minimum atomic E-state index is -0.145. The molecular formula is C30H27N3O2S. The average Bonchev–Trinajstić information content (AvgIpc) is 3.53. The van der Waals surface area contributed by atoms with E-state index < -0.39 is 0 Å². The van der Waals surface area contributed by atoms with Crippen molar-refractivity contribution in [2.75, 3.05) is 18.0 Å². The zero-order chi connectivity index (χ0) is 24.1. The molecule has 1 fully saturated rings. The molecule has 2 aromatic heterocycles. The Bertz CT molecular complexity index is 1650. The van der Waals surface area contributed by atoms with Crippen molar-refractivity contribution in [1.29, 1.82) is 0 Å². The van der Waals surface area contributed by atoms with Crippen LogP contribution in [-0.2, 0) is 6.42 Å². The largest absolute Gasteiger partial charge is 0.441 e. The van der Waals surface area contributed by atoms with E-state index >= 15 is 0 Å². The van der Waals surface area contributed by atoms with Gasteiger partial charge in [-0.1, -0.05) is 65.9 Å². The lowest BCUT2D eigenvalue weighted by Gasteiger charge is -2.30. The molecule has 7 rings (SSSR count). The smallest absolute Gasteiger partial charge is 0.271 e. The Morgan fingerprint density at radius 3 is 2.58 bits per heavy atom.